The predicted octanol–water partition coefficient (Wildman–Crippen LogP) is 1.66. The molecule has 0 aromatic carbocycles. The van der Waals surface area contributed by atoms with Gasteiger partial charge in [0.25, 0.3) is 0 Å². The summed E-state index contributed by atoms with van der Waals surface area (Å²) in [4.78, 5) is 0. The Bertz CT molecular complexity index is 511. The van der Waals surface area contributed by atoms with Crippen LogP contribution in [0.1, 0.15) is 26.6 Å². The normalized spacial score (nSPS) is 12.3. The van der Waals surface area contributed by atoms with Crippen LogP contribution in [0.5, 0.6) is 0 Å². The van der Waals surface area contributed by atoms with Gasteiger partial charge in [-0.1, -0.05) is 32.4 Å². The number of nitrogen functional groups attached to an aromatic ring is 1. The molecule has 2 rings (SSSR count). The van der Waals surface area contributed by atoms with Crippen molar-refractivity contribution in [1.29, 1.82) is 0 Å². The van der Waals surface area contributed by atoms with E-state index in [1.165, 1.54) is 0 Å². The number of halogens is 1. The molecule has 0 aliphatic carbocycles. The first-order valence-electron chi connectivity index (χ1n) is 4.57. The van der Waals surface area contributed by atoms with Crippen molar-refractivity contribution < 1.29 is 0 Å². The van der Waals surface area contributed by atoms with E-state index < -0.39 is 0 Å². The Labute approximate surface area is 92.2 Å². The molecular weight excluding hydrogens is 214 g/mol. The number of hydrogen-bond acceptors (Lipinski definition) is 4. The highest BCUT2D eigenvalue weighted by atomic mass is 35.5. The molecule has 5 nitrogen and oxygen atoms in total. The van der Waals surface area contributed by atoms with Gasteiger partial charge in [-0.2, -0.15) is 9.61 Å². The number of anilines is 1. The minimum absolute atomic E-state index is 0.149. The van der Waals surface area contributed by atoms with Gasteiger partial charge in [-0.25, -0.2) is 0 Å². The zero-order chi connectivity index (χ0) is 11.2. The van der Waals surface area contributed by atoms with E-state index in [4.69, 9.17) is 17.3 Å². The zero-order valence-electron chi connectivity index (χ0n) is 8.82. The van der Waals surface area contributed by atoms with E-state index in [2.05, 4.69) is 15.3 Å². The average molecular weight is 226 g/mol. The Hall–Kier alpha value is -1.36. The molecule has 0 spiro atoms. The summed E-state index contributed by atoms with van der Waals surface area (Å²) in [5.74, 6) is 0.742. The van der Waals surface area contributed by atoms with Crippen LogP contribution in [0, 0.1) is 0 Å². The van der Waals surface area contributed by atoms with Crippen LogP contribution in [-0.4, -0.2) is 19.8 Å². The highest BCUT2D eigenvalue weighted by Gasteiger charge is 2.22. The number of hydrogen-bond donors (Lipinski definition) is 1. The van der Waals surface area contributed by atoms with Gasteiger partial charge in [-0.3, -0.25) is 0 Å². The lowest BCUT2D eigenvalue weighted by atomic mass is 9.96. The molecule has 0 radical (unpaired) electrons. The third-order valence-electron chi connectivity index (χ3n) is 2.04. The summed E-state index contributed by atoms with van der Waals surface area (Å²) >= 11 is 5.84. The SMILES string of the molecule is CC(C)(C)c1nnc2c(N)cc(Cl)nn12. The molecule has 0 bridgehead atoms. The fourth-order valence-electron chi connectivity index (χ4n) is 1.34. The molecule has 0 unspecified atom stereocenters. The third-order valence-corrected chi connectivity index (χ3v) is 2.22. The van der Waals surface area contributed by atoms with Crippen LogP contribution >= 0.6 is 11.6 Å². The first-order chi connectivity index (χ1) is 6.89. The fourth-order valence-corrected chi connectivity index (χ4v) is 1.53. The van der Waals surface area contributed by atoms with Crippen molar-refractivity contribution >= 4 is 22.9 Å². The molecular formula is C9H12ClN5. The molecule has 0 aliphatic rings. The maximum Gasteiger partial charge on any atom is 0.200 e. The second-order valence-corrected chi connectivity index (χ2v) is 4.82. The lowest BCUT2D eigenvalue weighted by Gasteiger charge is -2.14. The van der Waals surface area contributed by atoms with Crippen molar-refractivity contribution in [2.75, 3.05) is 5.73 Å². The second kappa shape index (κ2) is 3.06. The first kappa shape index (κ1) is 10.2. The van der Waals surface area contributed by atoms with Gasteiger partial charge in [0.05, 0.1) is 5.69 Å². The fraction of sp³-hybridized carbons (Fsp3) is 0.444. The van der Waals surface area contributed by atoms with Gasteiger partial charge in [0.15, 0.2) is 11.0 Å². The van der Waals surface area contributed by atoms with E-state index in [-0.39, 0.29) is 5.41 Å². The summed E-state index contributed by atoms with van der Waals surface area (Å²) in [6.07, 6.45) is 0. The summed E-state index contributed by atoms with van der Waals surface area (Å²) in [5.41, 5.74) is 6.65. The highest BCUT2D eigenvalue weighted by molar-refractivity contribution is 6.29. The van der Waals surface area contributed by atoms with Gasteiger partial charge < -0.3 is 5.73 Å². The van der Waals surface area contributed by atoms with E-state index in [1.54, 1.807) is 10.6 Å². The van der Waals surface area contributed by atoms with Crippen LogP contribution in [0.3, 0.4) is 0 Å². The van der Waals surface area contributed by atoms with Gasteiger partial charge >= 0.3 is 0 Å². The Kier molecular flexibility index (Phi) is 2.08. The number of aromatic nitrogens is 4. The highest BCUT2D eigenvalue weighted by Crippen LogP contribution is 2.23. The quantitative estimate of drug-likeness (QED) is 0.740. The maximum absolute atomic E-state index is 5.84. The van der Waals surface area contributed by atoms with Crippen molar-refractivity contribution in [3.05, 3.63) is 17.0 Å². The van der Waals surface area contributed by atoms with E-state index in [0.29, 0.717) is 16.5 Å². The summed E-state index contributed by atoms with van der Waals surface area (Å²) in [6, 6.07) is 1.57. The molecule has 0 amide bonds. The first-order valence-corrected chi connectivity index (χ1v) is 4.95. The molecule has 2 aromatic heterocycles. The van der Waals surface area contributed by atoms with Gasteiger partial charge in [0.1, 0.15) is 0 Å². The second-order valence-electron chi connectivity index (χ2n) is 4.43. The number of fused-ring (bicyclic) bond motifs is 1. The van der Waals surface area contributed by atoms with Crippen molar-refractivity contribution in [1.82, 2.24) is 19.8 Å². The molecule has 0 saturated heterocycles. The molecule has 2 aromatic rings. The largest absolute Gasteiger partial charge is 0.396 e. The number of nitrogens with zero attached hydrogens (tertiary/aromatic N) is 4. The Morgan fingerprint density at radius 3 is 2.60 bits per heavy atom. The molecule has 0 atom stereocenters. The van der Waals surface area contributed by atoms with E-state index in [1.807, 2.05) is 20.8 Å². The minimum atomic E-state index is -0.149. The van der Waals surface area contributed by atoms with Gasteiger partial charge in [0.2, 0.25) is 5.65 Å². The van der Waals surface area contributed by atoms with Crippen molar-refractivity contribution in [2.45, 2.75) is 26.2 Å². The summed E-state index contributed by atoms with van der Waals surface area (Å²) in [5, 5.41) is 12.6. The zero-order valence-corrected chi connectivity index (χ0v) is 9.58. The molecule has 0 aliphatic heterocycles. The average Bonchev–Trinajstić information content (AvgIpc) is 2.45. The van der Waals surface area contributed by atoms with Crippen LogP contribution in [0.2, 0.25) is 5.15 Å². The minimum Gasteiger partial charge on any atom is -0.396 e. The molecule has 2 N–H and O–H groups in total. The maximum atomic E-state index is 5.84. The summed E-state index contributed by atoms with van der Waals surface area (Å²) in [6.45, 7) is 6.09. The third kappa shape index (κ3) is 1.63. The molecule has 0 saturated carbocycles. The smallest absolute Gasteiger partial charge is 0.200 e. The Morgan fingerprint density at radius 1 is 1.33 bits per heavy atom. The molecule has 15 heavy (non-hydrogen) atoms. The Morgan fingerprint density at radius 2 is 2.00 bits per heavy atom. The summed E-state index contributed by atoms with van der Waals surface area (Å²) in [7, 11) is 0. The topological polar surface area (TPSA) is 69.1 Å². The van der Waals surface area contributed by atoms with Crippen molar-refractivity contribution in [3.63, 3.8) is 0 Å². The molecule has 80 valence electrons. The van der Waals surface area contributed by atoms with E-state index in [0.717, 1.165) is 5.82 Å². The number of nitrogens with two attached hydrogens (primary N) is 1. The van der Waals surface area contributed by atoms with Crippen molar-refractivity contribution in [2.24, 2.45) is 0 Å². The number of rotatable bonds is 0. The van der Waals surface area contributed by atoms with Crippen LogP contribution in [-0.2, 0) is 5.41 Å². The van der Waals surface area contributed by atoms with Gasteiger partial charge in [0, 0.05) is 11.5 Å². The van der Waals surface area contributed by atoms with E-state index in [9.17, 15) is 0 Å². The van der Waals surface area contributed by atoms with Crippen LogP contribution in [0.4, 0.5) is 5.69 Å². The standard InChI is InChI=1S/C9H12ClN5/c1-9(2,3)8-13-12-7-5(11)4-6(10)14-15(7)8/h4H,11H2,1-3H3. The van der Waals surface area contributed by atoms with Gasteiger partial charge in [-0.05, 0) is 0 Å². The lowest BCUT2D eigenvalue weighted by Crippen LogP contribution is -2.17. The van der Waals surface area contributed by atoms with Gasteiger partial charge in [-0.15, -0.1) is 10.2 Å². The predicted molar refractivity (Wildman–Crippen MR) is 58.9 cm³/mol. The summed E-state index contributed by atoms with van der Waals surface area (Å²) < 4.78 is 1.59. The lowest BCUT2D eigenvalue weighted by molar-refractivity contribution is 0.527. The molecule has 0 fully saturated rings. The van der Waals surface area contributed by atoms with Crippen molar-refractivity contribution in [3.8, 4) is 0 Å². The molecule has 2 heterocycles. The van der Waals surface area contributed by atoms with Crippen LogP contribution < -0.4 is 5.73 Å². The molecule has 6 heteroatoms. The Balaban J connectivity index is 2.80. The monoisotopic (exact) mass is 225 g/mol. The van der Waals surface area contributed by atoms with Crippen LogP contribution in [0.15, 0.2) is 6.07 Å². The van der Waals surface area contributed by atoms with Crippen LogP contribution in [0.25, 0.3) is 5.65 Å². The van der Waals surface area contributed by atoms with E-state index >= 15 is 0 Å².